The fraction of sp³-hybridized carbons (Fsp3) is 0.800. The maximum Gasteiger partial charge on any atom is 0.306 e. The number of ether oxygens (including phenoxy) is 3. The molecule has 0 aromatic carbocycles. The van der Waals surface area contributed by atoms with Crippen LogP contribution in [-0.2, 0) is 28.6 Å². The fourth-order valence-corrected chi connectivity index (χ4v) is 10.4. The molecule has 1 unspecified atom stereocenters. The van der Waals surface area contributed by atoms with Crippen molar-refractivity contribution in [2.45, 2.75) is 374 Å². The highest BCUT2D eigenvalue weighted by Gasteiger charge is 2.19. The highest BCUT2D eigenvalue weighted by atomic mass is 16.6. The summed E-state index contributed by atoms with van der Waals surface area (Å²) in [6, 6.07) is 0. The molecule has 0 aliphatic rings. The third-order valence-corrected chi connectivity index (χ3v) is 15.7. The summed E-state index contributed by atoms with van der Waals surface area (Å²) in [5.74, 6) is -0.868. The number of carbonyl (C=O) groups is 3. The average Bonchev–Trinajstić information content (AvgIpc) is 3.47. The molecule has 6 nitrogen and oxygen atoms in total. The van der Waals surface area contributed by atoms with Crippen LogP contribution in [0.1, 0.15) is 367 Å². The summed E-state index contributed by atoms with van der Waals surface area (Å²) in [5.41, 5.74) is 0. The number of rotatable bonds is 65. The Morgan fingerprint density at radius 3 is 0.790 bits per heavy atom. The molecule has 0 amide bonds. The largest absolute Gasteiger partial charge is 0.462 e. The molecule has 0 rings (SSSR count). The van der Waals surface area contributed by atoms with Gasteiger partial charge in [-0.15, -0.1) is 0 Å². The van der Waals surface area contributed by atoms with Gasteiger partial charge in [-0.1, -0.05) is 312 Å². The van der Waals surface area contributed by atoms with Gasteiger partial charge in [0.2, 0.25) is 0 Å². The van der Waals surface area contributed by atoms with Crippen LogP contribution in [-0.4, -0.2) is 37.2 Å². The molecular weight excluding hydrogens is 997 g/mol. The minimum atomic E-state index is -0.779. The van der Waals surface area contributed by atoms with Gasteiger partial charge in [0.05, 0.1) is 0 Å². The standard InChI is InChI=1S/C75H134O6/c1-4-7-10-13-16-19-22-25-27-29-31-32-33-34-35-36-37-38-39-40-41-42-43-44-45-47-48-50-53-56-59-62-65-68-74(77)80-71-72(70-79-73(76)67-64-61-58-55-52-24-21-18-15-12-9-6-3)81-75(78)69-66-63-60-57-54-51-49-46-30-28-26-23-20-17-14-11-8-5-2/h7,10,16,18-19,21,25,27-28,30-32,72H,4-6,8-9,11-15,17,20,22-24,26,29,33-71H2,1-3H3/b10-7-,19-16-,21-18-,27-25-,30-28-,32-31-. The number of hydrogen-bond donors (Lipinski definition) is 0. The van der Waals surface area contributed by atoms with E-state index in [0.29, 0.717) is 19.3 Å². The Hall–Kier alpha value is -3.15. The lowest BCUT2D eigenvalue weighted by atomic mass is 10.0. The number of carbonyl (C=O) groups excluding carboxylic acids is 3. The molecule has 0 radical (unpaired) electrons. The molecule has 0 aromatic rings. The monoisotopic (exact) mass is 1130 g/mol. The van der Waals surface area contributed by atoms with Gasteiger partial charge in [-0.2, -0.15) is 0 Å². The summed E-state index contributed by atoms with van der Waals surface area (Å²) in [5, 5.41) is 0. The van der Waals surface area contributed by atoms with Crippen LogP contribution in [0.5, 0.6) is 0 Å². The van der Waals surface area contributed by atoms with Crippen LogP contribution in [0, 0.1) is 0 Å². The first-order valence-corrected chi connectivity index (χ1v) is 35.4. The summed E-state index contributed by atoms with van der Waals surface area (Å²) in [4.78, 5) is 38.4. The van der Waals surface area contributed by atoms with Crippen LogP contribution in [0.15, 0.2) is 72.9 Å². The Morgan fingerprint density at radius 2 is 0.481 bits per heavy atom. The second-order valence-corrected chi connectivity index (χ2v) is 23.8. The van der Waals surface area contributed by atoms with Crippen molar-refractivity contribution < 1.29 is 28.6 Å². The number of esters is 3. The molecule has 0 fully saturated rings. The molecule has 0 N–H and O–H groups in total. The zero-order chi connectivity index (χ0) is 58.5. The van der Waals surface area contributed by atoms with E-state index in [0.717, 1.165) is 89.9 Å². The average molecular weight is 1130 g/mol. The van der Waals surface area contributed by atoms with Gasteiger partial charge in [-0.3, -0.25) is 14.4 Å². The maximum atomic E-state index is 12.9. The van der Waals surface area contributed by atoms with Gasteiger partial charge in [-0.25, -0.2) is 0 Å². The van der Waals surface area contributed by atoms with Crippen LogP contribution >= 0.6 is 0 Å². The van der Waals surface area contributed by atoms with Crippen molar-refractivity contribution in [3.05, 3.63) is 72.9 Å². The van der Waals surface area contributed by atoms with E-state index in [1.807, 2.05) is 0 Å². The first-order valence-electron chi connectivity index (χ1n) is 35.4. The van der Waals surface area contributed by atoms with Crippen LogP contribution in [0.4, 0.5) is 0 Å². The molecular formula is C75H134O6. The number of allylic oxidation sites excluding steroid dienone is 12. The molecule has 0 saturated carbocycles. The highest BCUT2D eigenvalue weighted by molar-refractivity contribution is 5.71. The highest BCUT2D eigenvalue weighted by Crippen LogP contribution is 2.18. The minimum absolute atomic E-state index is 0.0749. The summed E-state index contributed by atoms with van der Waals surface area (Å²) in [6.45, 7) is 6.54. The third-order valence-electron chi connectivity index (χ3n) is 15.7. The lowest BCUT2D eigenvalue weighted by Gasteiger charge is -2.18. The van der Waals surface area contributed by atoms with Crippen molar-refractivity contribution in [1.29, 1.82) is 0 Å². The van der Waals surface area contributed by atoms with Gasteiger partial charge >= 0.3 is 17.9 Å². The van der Waals surface area contributed by atoms with E-state index in [-0.39, 0.29) is 31.1 Å². The summed E-state index contributed by atoms with van der Waals surface area (Å²) in [6.07, 6.45) is 90.9. The van der Waals surface area contributed by atoms with Crippen molar-refractivity contribution in [3.63, 3.8) is 0 Å². The van der Waals surface area contributed by atoms with E-state index in [1.165, 1.54) is 238 Å². The Morgan fingerprint density at radius 1 is 0.259 bits per heavy atom. The van der Waals surface area contributed by atoms with Crippen LogP contribution in [0.2, 0.25) is 0 Å². The molecule has 0 aromatic heterocycles. The van der Waals surface area contributed by atoms with Crippen LogP contribution in [0.25, 0.3) is 0 Å². The molecule has 1 atom stereocenters. The normalized spacial score (nSPS) is 12.5. The molecule has 0 saturated heterocycles. The topological polar surface area (TPSA) is 78.9 Å². The molecule has 0 aliphatic carbocycles. The molecule has 6 heteroatoms. The van der Waals surface area contributed by atoms with Crippen molar-refractivity contribution in [2.75, 3.05) is 13.2 Å². The van der Waals surface area contributed by atoms with Gasteiger partial charge in [0.25, 0.3) is 0 Å². The van der Waals surface area contributed by atoms with Crippen molar-refractivity contribution in [2.24, 2.45) is 0 Å². The quantitative estimate of drug-likeness (QED) is 0.0261. The molecule has 0 heterocycles. The number of hydrogen-bond acceptors (Lipinski definition) is 6. The third kappa shape index (κ3) is 67.5. The van der Waals surface area contributed by atoms with E-state index in [1.54, 1.807) is 0 Å². The Labute approximate surface area is 503 Å². The second kappa shape index (κ2) is 69.3. The van der Waals surface area contributed by atoms with Crippen molar-refractivity contribution in [1.82, 2.24) is 0 Å². The summed E-state index contributed by atoms with van der Waals surface area (Å²) in [7, 11) is 0. The van der Waals surface area contributed by atoms with Gasteiger partial charge in [0.15, 0.2) is 6.10 Å². The molecule has 0 bridgehead atoms. The summed E-state index contributed by atoms with van der Waals surface area (Å²) >= 11 is 0. The van der Waals surface area contributed by atoms with Crippen molar-refractivity contribution in [3.8, 4) is 0 Å². The van der Waals surface area contributed by atoms with Gasteiger partial charge < -0.3 is 14.2 Å². The van der Waals surface area contributed by atoms with E-state index in [9.17, 15) is 14.4 Å². The Kier molecular flexibility index (Phi) is 66.6. The van der Waals surface area contributed by atoms with Crippen molar-refractivity contribution >= 4 is 17.9 Å². The second-order valence-electron chi connectivity index (χ2n) is 23.8. The predicted octanol–water partition coefficient (Wildman–Crippen LogP) is 24.4. The maximum absolute atomic E-state index is 12.9. The lowest BCUT2D eigenvalue weighted by Crippen LogP contribution is -2.30. The fourth-order valence-electron chi connectivity index (χ4n) is 10.4. The van der Waals surface area contributed by atoms with Crippen LogP contribution in [0.3, 0.4) is 0 Å². The first kappa shape index (κ1) is 77.9. The van der Waals surface area contributed by atoms with Gasteiger partial charge in [0.1, 0.15) is 13.2 Å². The van der Waals surface area contributed by atoms with Gasteiger partial charge in [0, 0.05) is 19.3 Å². The predicted molar refractivity (Wildman–Crippen MR) is 353 cm³/mol. The summed E-state index contributed by atoms with van der Waals surface area (Å²) < 4.78 is 17.0. The SMILES string of the molecule is CC/C=C\C/C=C\C/C=C\C/C=C\CCCCCCCCCCCCCCCCCCCCCCC(=O)OCC(COC(=O)CCCCCCC/C=C\CCCCC)OC(=O)CCCCCCCCC/C=C\CCCCCCCCC. The van der Waals surface area contributed by atoms with E-state index in [4.69, 9.17) is 14.2 Å². The zero-order valence-electron chi connectivity index (χ0n) is 54.1. The molecule has 470 valence electrons. The first-order chi connectivity index (χ1) is 40.0. The van der Waals surface area contributed by atoms with E-state index < -0.39 is 6.10 Å². The molecule has 81 heavy (non-hydrogen) atoms. The molecule has 0 aliphatic heterocycles. The van der Waals surface area contributed by atoms with E-state index >= 15 is 0 Å². The minimum Gasteiger partial charge on any atom is -0.462 e. The zero-order valence-corrected chi connectivity index (χ0v) is 54.1. The smallest absolute Gasteiger partial charge is 0.306 e. The van der Waals surface area contributed by atoms with Crippen LogP contribution < -0.4 is 0 Å². The lowest BCUT2D eigenvalue weighted by molar-refractivity contribution is -0.167. The van der Waals surface area contributed by atoms with E-state index in [2.05, 4.69) is 93.7 Å². The Bertz CT molecular complexity index is 1490. The number of unbranched alkanes of at least 4 members (excludes halogenated alkanes) is 42. The Balaban J connectivity index is 4.13. The molecule has 0 spiro atoms. The van der Waals surface area contributed by atoms with Gasteiger partial charge in [-0.05, 0) is 109 Å².